The molecule has 0 amide bonds. The maximum atomic E-state index is 10.0. The number of furan rings is 3. The molecule has 0 saturated carbocycles. The normalized spacial score (nSPS) is 10.8. The first kappa shape index (κ1) is 106. The summed E-state index contributed by atoms with van der Waals surface area (Å²) in [5.41, 5.74) is 27.5. The van der Waals surface area contributed by atoms with E-state index in [1.54, 1.807) is 6.20 Å². The number of fused-ring (bicyclic) bond motifs is 12. The van der Waals surface area contributed by atoms with Crippen molar-refractivity contribution in [2.75, 3.05) is 0 Å². The van der Waals surface area contributed by atoms with Gasteiger partial charge in [0.1, 0.15) is 16.7 Å². The molecule has 0 bridgehead atoms. The van der Waals surface area contributed by atoms with Crippen molar-refractivity contribution in [1.82, 2.24) is 24.9 Å². The molecule has 0 spiro atoms. The third-order valence-electron chi connectivity index (χ3n) is 21.6. The monoisotopic (exact) mass is 2560 g/mol. The van der Waals surface area contributed by atoms with Crippen LogP contribution in [0.1, 0.15) is 58.2 Å². The predicted octanol–water partition coefficient (Wildman–Crippen LogP) is 31.5. The van der Waals surface area contributed by atoms with Crippen molar-refractivity contribution in [1.29, 1.82) is 0 Å². The van der Waals surface area contributed by atoms with Crippen molar-refractivity contribution in [3.05, 3.63) is 453 Å². The van der Waals surface area contributed by atoms with Gasteiger partial charge in [-0.25, -0.2) is 0 Å². The Kier molecular flexibility index (Phi) is 38.7. The van der Waals surface area contributed by atoms with E-state index in [1.165, 1.54) is 113 Å². The largest absolute Gasteiger partial charge is 0.512 e. The van der Waals surface area contributed by atoms with Crippen LogP contribution < -0.4 is 0 Å². The van der Waals surface area contributed by atoms with Crippen LogP contribution >= 0.6 is 11.3 Å². The number of pyridine rings is 5. The van der Waals surface area contributed by atoms with Gasteiger partial charge in [0, 0.05) is 150 Å². The zero-order chi connectivity index (χ0) is 95.0. The van der Waals surface area contributed by atoms with Crippen LogP contribution in [-0.4, -0.2) is 57.6 Å². The number of aliphatic hydroxyl groups is 3. The van der Waals surface area contributed by atoms with Gasteiger partial charge in [0.25, 0.3) is 0 Å². The van der Waals surface area contributed by atoms with Crippen molar-refractivity contribution in [3.8, 4) is 101 Å². The summed E-state index contributed by atoms with van der Waals surface area (Å²) in [5.74, 6) is -0.187. The SMILES string of the molecule is CC(=O)C=C(C)O.CC(=O)C=C(C)O.CC(=O)C=C(C)O.Cc1ccc(-c2ccnc(-c3[c-]ccc4c3oc3ccccc34)c2)cc1.Cc1cccc2c1oc1c(-c3cc(-c4ccccc4)ccn3)[c-]ccc12.Cc1cccc2c1oc1c(-c3cc(-c4ccccc4)ccn3)[c-]ccc12.[Ir].[Ir].[Ir].[Ir].[c-]1ccc2c(sc3ccccc32)c1-c1cc(-c2ccccc2)ccn1.[c-]1ccccc1-c1ccccn1. The number of aliphatic hydroxyl groups excluding tert-OH is 3. The third-order valence-corrected chi connectivity index (χ3v) is 22.8. The van der Waals surface area contributed by atoms with Gasteiger partial charge in [-0.3, -0.25) is 14.4 Å². The second-order valence-corrected chi connectivity index (χ2v) is 33.1. The number of carbonyl (C=O) groups excluding carboxylic acids is 3. The number of aryl methyl sites for hydroxylation is 3. The molecule has 0 unspecified atom stereocenters. The van der Waals surface area contributed by atoms with E-state index in [-0.39, 0.29) is 115 Å². The van der Waals surface area contributed by atoms with Gasteiger partial charge in [-0.15, -0.1) is 114 Å². The number of hydrogen-bond acceptors (Lipinski definition) is 15. The zero-order valence-electron chi connectivity index (χ0n) is 77.7. The van der Waals surface area contributed by atoms with Crippen LogP contribution in [0.5, 0.6) is 0 Å². The summed E-state index contributed by atoms with van der Waals surface area (Å²) in [6.07, 6.45) is 12.7. The number of allylic oxidation sites excluding steroid dienone is 6. The smallest absolute Gasteiger partial charge is 0.155 e. The molecule has 9 aromatic heterocycles. The van der Waals surface area contributed by atoms with Gasteiger partial charge in [-0.2, -0.15) is 11.3 Å². The Bertz CT molecular complexity index is 7750. The molecule has 14 nitrogen and oxygen atoms in total. The Labute approximate surface area is 871 Å². The molecule has 0 fully saturated rings. The van der Waals surface area contributed by atoms with E-state index in [0.717, 1.165) is 150 Å². The maximum absolute atomic E-state index is 10.0. The molecule has 4 radical (unpaired) electrons. The van der Waals surface area contributed by atoms with Gasteiger partial charge < -0.3 is 53.5 Å². The zero-order valence-corrected chi connectivity index (χ0v) is 88.1. The molecule has 0 atom stereocenters. The minimum Gasteiger partial charge on any atom is -0.512 e. The van der Waals surface area contributed by atoms with Crippen LogP contribution in [0, 0.1) is 51.1 Å². The van der Waals surface area contributed by atoms with Crippen LogP contribution in [0.2, 0.25) is 0 Å². The van der Waals surface area contributed by atoms with Crippen LogP contribution in [0.15, 0.2) is 419 Å². The van der Waals surface area contributed by atoms with Gasteiger partial charge in [0.05, 0.1) is 34.0 Å². The third kappa shape index (κ3) is 27.1. The van der Waals surface area contributed by atoms with E-state index in [0.29, 0.717) is 0 Å². The number of benzene rings is 13. The minimum absolute atomic E-state index is 0. The number of hydrogen-bond donors (Lipinski definition) is 3. The number of ketones is 3. The summed E-state index contributed by atoms with van der Waals surface area (Å²) in [4.78, 5) is 52.7. The molecule has 22 aromatic rings. The number of carbonyl (C=O) groups is 3. The Hall–Kier alpha value is -14.5. The van der Waals surface area contributed by atoms with Crippen LogP contribution in [0.3, 0.4) is 0 Å². The fourth-order valence-corrected chi connectivity index (χ4v) is 16.7. The second-order valence-electron chi connectivity index (χ2n) is 32.0. The van der Waals surface area contributed by atoms with E-state index in [9.17, 15) is 14.4 Å². The molecule has 0 saturated heterocycles. The Morgan fingerprint density at radius 3 is 1.02 bits per heavy atom. The number of aromatic nitrogens is 5. The standard InChI is InChI=1S/3C24H16NO.C23H14NS.C11H8N.3C5H8O2.4Ir/c1-16-9-11-17(12-10-16)18-13-14-25-22(15-18)21-7-4-6-20-19-5-2-3-8-23(19)26-24(20)21;2*1-16-7-5-10-19-20-11-6-12-21(24(20)26-23(16)19)22-15-18(13-14-25-22)17-8-3-2-4-9-17;1-2-7-16(8-3-1)17-13-14-24-21(15-17)20-11-6-10-19-18-9-4-5-12-22(18)25-23(19)20;1-2-6-10(7-3-1)11-8-4-5-9-12-11;3*1-4(6)3-5(2)7;;;;/h2-6,8-15H,1H3;2*2-11,13-15H,1H3;1-10,12-15H;1-6,8-9H;3*3,6H,1-2H3;;;;/q5*-1;;;;;;;. The Morgan fingerprint density at radius 1 is 0.279 bits per heavy atom. The fourth-order valence-electron chi connectivity index (χ4n) is 15.5. The Balaban J connectivity index is 0.000000160. The van der Waals surface area contributed by atoms with Crippen molar-refractivity contribution in [3.63, 3.8) is 0 Å². The van der Waals surface area contributed by atoms with Crippen molar-refractivity contribution in [2.45, 2.75) is 62.3 Å². The summed E-state index contributed by atoms with van der Waals surface area (Å²) in [7, 11) is 0. The first-order valence-electron chi connectivity index (χ1n) is 44.1. The van der Waals surface area contributed by atoms with Crippen LogP contribution in [-0.2, 0) is 94.8 Å². The molecule has 140 heavy (non-hydrogen) atoms. The maximum Gasteiger partial charge on any atom is 0.155 e. The molecule has 3 N–H and O–H groups in total. The molecule has 0 aliphatic heterocycles. The quantitative estimate of drug-likeness (QED) is 0.0589. The summed E-state index contributed by atoms with van der Waals surface area (Å²) < 4.78 is 21.2. The van der Waals surface area contributed by atoms with E-state index in [1.807, 2.05) is 182 Å². The summed E-state index contributed by atoms with van der Waals surface area (Å²) in [5, 5.41) is 34.4. The Morgan fingerprint density at radius 2 is 0.621 bits per heavy atom. The van der Waals surface area contributed by atoms with Gasteiger partial charge in [0.15, 0.2) is 17.3 Å². The molecule has 13 aromatic carbocycles. The van der Waals surface area contributed by atoms with Gasteiger partial charge in [0.2, 0.25) is 0 Å². The second kappa shape index (κ2) is 51.2. The number of rotatable bonds is 12. The van der Waals surface area contributed by atoms with Crippen molar-refractivity contribution >= 4 is 115 Å². The average molecular weight is 2560 g/mol. The number of para-hydroxylation sites is 3. The number of nitrogens with zero attached hydrogens (tertiary/aromatic N) is 5. The first-order valence-corrected chi connectivity index (χ1v) is 44.9. The van der Waals surface area contributed by atoms with Crippen LogP contribution in [0.4, 0.5) is 0 Å². The molecular weight excluding hydrogens is 2470 g/mol. The molecule has 704 valence electrons. The van der Waals surface area contributed by atoms with E-state index >= 15 is 0 Å². The first-order chi connectivity index (χ1) is 66.2. The fraction of sp³-hybridized carbons (Fsp3) is 0.0744. The summed E-state index contributed by atoms with van der Waals surface area (Å²) in [6, 6.07) is 132. The molecule has 19 heteroatoms. The van der Waals surface area contributed by atoms with Gasteiger partial charge in [-0.1, -0.05) is 268 Å². The van der Waals surface area contributed by atoms with Gasteiger partial charge >= 0.3 is 0 Å². The van der Waals surface area contributed by atoms with E-state index < -0.39 is 0 Å². The van der Waals surface area contributed by atoms with Crippen molar-refractivity contribution < 1.29 is 123 Å². The van der Waals surface area contributed by atoms with Gasteiger partial charge in [-0.05, 0) is 199 Å². The molecule has 0 aliphatic rings. The average Bonchev–Trinajstić information content (AvgIpc) is 1.60. The molecular formula is C121H94Ir4N5O9S-5. The van der Waals surface area contributed by atoms with Crippen LogP contribution in [0.25, 0.3) is 187 Å². The van der Waals surface area contributed by atoms with Crippen molar-refractivity contribution in [2.24, 2.45) is 0 Å². The summed E-state index contributed by atoms with van der Waals surface area (Å²) >= 11 is 1.81. The molecule has 9 heterocycles. The summed E-state index contributed by atoms with van der Waals surface area (Å²) in [6.45, 7) is 14.8. The molecule has 0 aliphatic carbocycles. The minimum atomic E-state index is -0.125. The van der Waals surface area contributed by atoms with E-state index in [4.69, 9.17) is 28.6 Å². The van der Waals surface area contributed by atoms with E-state index in [2.05, 4.69) is 270 Å². The number of thiophene rings is 1. The topological polar surface area (TPSA) is 216 Å². The predicted molar refractivity (Wildman–Crippen MR) is 554 cm³/mol. The molecule has 22 rings (SSSR count).